The number of unbranched alkanes of at least 4 members (excludes halogenated alkanes) is 2. The number of hydrogen-bond acceptors (Lipinski definition) is 0. The molecule has 0 radical (unpaired) electrons. The molecule has 0 nitrogen and oxygen atoms in total. The molecular formula is C19H30. The highest BCUT2D eigenvalue weighted by Crippen LogP contribution is 2.26. The molecule has 0 saturated carbocycles. The van der Waals surface area contributed by atoms with Gasteiger partial charge in [0, 0.05) is 0 Å². The fraction of sp³-hybridized carbons (Fsp3) is 0.684. The minimum atomic E-state index is 0.916. The van der Waals surface area contributed by atoms with E-state index < -0.39 is 0 Å². The Morgan fingerprint density at radius 3 is 2.32 bits per heavy atom. The molecule has 106 valence electrons. The zero-order valence-electron chi connectivity index (χ0n) is 12.9. The maximum absolute atomic E-state index is 2.51. The second-order valence-corrected chi connectivity index (χ2v) is 6.31. The summed E-state index contributed by atoms with van der Waals surface area (Å²) in [6, 6.07) is 7.30. The van der Waals surface area contributed by atoms with Crippen molar-refractivity contribution in [3.63, 3.8) is 0 Å². The van der Waals surface area contributed by atoms with Crippen molar-refractivity contribution in [3.8, 4) is 0 Å². The van der Waals surface area contributed by atoms with Gasteiger partial charge in [0.15, 0.2) is 0 Å². The first-order valence-corrected chi connectivity index (χ1v) is 8.44. The fourth-order valence-electron chi connectivity index (χ4n) is 3.42. The lowest BCUT2D eigenvalue weighted by atomic mass is 9.89. The molecule has 0 aromatic heterocycles. The normalized spacial score (nSPS) is 14.1. The maximum atomic E-state index is 2.51. The molecule has 0 atom stereocenters. The van der Waals surface area contributed by atoms with Crippen molar-refractivity contribution in [3.05, 3.63) is 34.9 Å². The number of hydrogen-bond donors (Lipinski definition) is 0. The van der Waals surface area contributed by atoms with Crippen LogP contribution in [0.1, 0.15) is 75.5 Å². The Labute approximate surface area is 119 Å². The Bertz CT molecular complexity index is 370. The molecule has 1 aromatic rings. The summed E-state index contributed by atoms with van der Waals surface area (Å²) in [4.78, 5) is 0. The molecule has 0 heteroatoms. The Kier molecular flexibility index (Phi) is 5.94. The Hall–Kier alpha value is -0.780. The highest BCUT2D eigenvalue weighted by molar-refractivity contribution is 5.35. The van der Waals surface area contributed by atoms with Gasteiger partial charge in [0.1, 0.15) is 0 Å². The second kappa shape index (κ2) is 7.72. The highest BCUT2D eigenvalue weighted by Gasteiger charge is 2.13. The molecule has 0 heterocycles. The summed E-state index contributed by atoms with van der Waals surface area (Å²) in [5, 5.41) is 0. The first kappa shape index (κ1) is 14.6. The van der Waals surface area contributed by atoms with Crippen LogP contribution in [0, 0.1) is 5.92 Å². The van der Waals surface area contributed by atoms with Gasteiger partial charge < -0.3 is 0 Å². The molecule has 1 aliphatic rings. The number of fused-ring (bicyclic) bond motifs is 1. The lowest BCUT2D eigenvalue weighted by Crippen LogP contribution is -2.05. The molecule has 0 amide bonds. The summed E-state index contributed by atoms with van der Waals surface area (Å²) in [6.45, 7) is 4.62. The van der Waals surface area contributed by atoms with Crippen LogP contribution in [0.25, 0.3) is 0 Å². The van der Waals surface area contributed by atoms with Crippen molar-refractivity contribution < 1.29 is 0 Å². The lowest BCUT2D eigenvalue weighted by molar-refractivity contribution is 0.417. The third kappa shape index (κ3) is 4.37. The van der Waals surface area contributed by atoms with Crippen molar-refractivity contribution in [1.29, 1.82) is 0 Å². The predicted octanol–water partition coefficient (Wildman–Crippen LogP) is 5.71. The molecule has 0 N–H and O–H groups in total. The Morgan fingerprint density at radius 1 is 0.947 bits per heavy atom. The third-order valence-corrected chi connectivity index (χ3v) is 4.62. The summed E-state index contributed by atoms with van der Waals surface area (Å²) < 4.78 is 0. The van der Waals surface area contributed by atoms with Crippen LogP contribution in [0.3, 0.4) is 0 Å². The molecule has 2 rings (SSSR count). The van der Waals surface area contributed by atoms with Gasteiger partial charge in [0.25, 0.3) is 0 Å². The summed E-state index contributed by atoms with van der Waals surface area (Å²) >= 11 is 0. The van der Waals surface area contributed by atoms with Gasteiger partial charge >= 0.3 is 0 Å². The Balaban J connectivity index is 1.95. The predicted molar refractivity (Wildman–Crippen MR) is 84.7 cm³/mol. The number of benzene rings is 1. The molecule has 0 spiro atoms. The standard InChI is InChI=1S/C19H30/c1-3-5-8-16(9-6-4-2)14-17-12-13-18-10-7-11-19(18)15-17/h12-13,15-16H,3-11,14H2,1-2H3. The first-order chi connectivity index (χ1) is 9.33. The lowest BCUT2D eigenvalue weighted by Gasteiger charge is -2.17. The largest absolute Gasteiger partial charge is 0.0654 e. The van der Waals surface area contributed by atoms with E-state index in [2.05, 4.69) is 32.0 Å². The average Bonchev–Trinajstić information content (AvgIpc) is 2.89. The van der Waals surface area contributed by atoms with Crippen molar-refractivity contribution in [2.75, 3.05) is 0 Å². The topological polar surface area (TPSA) is 0 Å². The van der Waals surface area contributed by atoms with Crippen LogP contribution in [-0.2, 0) is 19.3 Å². The van der Waals surface area contributed by atoms with E-state index in [1.807, 2.05) is 0 Å². The summed E-state index contributed by atoms with van der Waals surface area (Å²) in [5.74, 6) is 0.916. The van der Waals surface area contributed by atoms with Crippen molar-refractivity contribution in [2.45, 2.75) is 78.1 Å². The van der Waals surface area contributed by atoms with Gasteiger partial charge in [-0.05, 0) is 48.3 Å². The smallest absolute Gasteiger partial charge is 0.0250 e. The van der Waals surface area contributed by atoms with Crippen molar-refractivity contribution >= 4 is 0 Å². The molecule has 0 saturated heterocycles. The molecule has 0 bridgehead atoms. The van der Waals surface area contributed by atoms with Crippen molar-refractivity contribution in [2.24, 2.45) is 5.92 Å². The van der Waals surface area contributed by atoms with E-state index in [-0.39, 0.29) is 0 Å². The van der Waals surface area contributed by atoms with Crippen molar-refractivity contribution in [1.82, 2.24) is 0 Å². The number of rotatable bonds is 8. The molecule has 1 aliphatic carbocycles. The van der Waals surface area contributed by atoms with Crippen LogP contribution in [0.2, 0.25) is 0 Å². The highest BCUT2D eigenvalue weighted by atomic mass is 14.2. The van der Waals surface area contributed by atoms with Gasteiger partial charge in [-0.3, -0.25) is 0 Å². The van der Waals surface area contributed by atoms with E-state index in [1.54, 1.807) is 16.7 Å². The number of aryl methyl sites for hydroxylation is 2. The van der Waals surface area contributed by atoms with Crippen LogP contribution in [0.5, 0.6) is 0 Å². The molecule has 0 unspecified atom stereocenters. The van der Waals surface area contributed by atoms with Gasteiger partial charge in [-0.2, -0.15) is 0 Å². The van der Waals surface area contributed by atoms with E-state index in [9.17, 15) is 0 Å². The van der Waals surface area contributed by atoms with Crippen LogP contribution >= 0.6 is 0 Å². The van der Waals surface area contributed by atoms with Crippen LogP contribution < -0.4 is 0 Å². The SMILES string of the molecule is CCCCC(CCCC)Cc1ccc2c(c1)CCC2. The van der Waals surface area contributed by atoms with E-state index >= 15 is 0 Å². The van der Waals surface area contributed by atoms with E-state index in [1.165, 1.54) is 64.2 Å². The summed E-state index contributed by atoms with van der Waals surface area (Å²) in [5.41, 5.74) is 4.85. The zero-order valence-corrected chi connectivity index (χ0v) is 12.9. The Morgan fingerprint density at radius 2 is 1.63 bits per heavy atom. The molecular weight excluding hydrogens is 228 g/mol. The van der Waals surface area contributed by atoms with E-state index in [0.717, 1.165) is 5.92 Å². The monoisotopic (exact) mass is 258 g/mol. The minimum Gasteiger partial charge on any atom is -0.0654 e. The van der Waals surface area contributed by atoms with Gasteiger partial charge in [0.05, 0.1) is 0 Å². The minimum absolute atomic E-state index is 0.916. The van der Waals surface area contributed by atoms with Crippen LogP contribution in [0.4, 0.5) is 0 Å². The molecule has 1 aromatic carbocycles. The third-order valence-electron chi connectivity index (χ3n) is 4.62. The quantitative estimate of drug-likeness (QED) is 0.560. The van der Waals surface area contributed by atoms with Gasteiger partial charge in [-0.25, -0.2) is 0 Å². The van der Waals surface area contributed by atoms with E-state index in [4.69, 9.17) is 0 Å². The van der Waals surface area contributed by atoms with Gasteiger partial charge in [-0.15, -0.1) is 0 Å². The summed E-state index contributed by atoms with van der Waals surface area (Å²) in [6.07, 6.45) is 13.6. The van der Waals surface area contributed by atoms with Gasteiger partial charge in [-0.1, -0.05) is 70.6 Å². The molecule has 19 heavy (non-hydrogen) atoms. The molecule has 0 aliphatic heterocycles. The fourth-order valence-corrected chi connectivity index (χ4v) is 3.42. The molecule has 0 fully saturated rings. The zero-order chi connectivity index (χ0) is 13.5. The summed E-state index contributed by atoms with van der Waals surface area (Å²) in [7, 11) is 0. The first-order valence-electron chi connectivity index (χ1n) is 8.44. The average molecular weight is 258 g/mol. The van der Waals surface area contributed by atoms with Gasteiger partial charge in [0.2, 0.25) is 0 Å². The van der Waals surface area contributed by atoms with Crippen LogP contribution in [-0.4, -0.2) is 0 Å². The maximum Gasteiger partial charge on any atom is -0.0250 e. The second-order valence-electron chi connectivity index (χ2n) is 6.31. The van der Waals surface area contributed by atoms with Crippen LogP contribution in [0.15, 0.2) is 18.2 Å². The van der Waals surface area contributed by atoms with E-state index in [0.29, 0.717) is 0 Å².